The van der Waals surface area contributed by atoms with Crippen molar-refractivity contribution in [3.05, 3.63) is 24.3 Å². The number of nitrogens with one attached hydrogen (secondary N) is 1. The molecule has 0 aliphatic carbocycles. The molecule has 0 heterocycles. The standard InChI is InChI=1S/C14H20N2O4/c1-10(4-3-5-13(18)19)15-14(20)16(2)11-6-8-12(17)9-7-11/h6-10,17H,3-5H2,1-2H3,(H,15,20)(H,18,19). The lowest BCUT2D eigenvalue weighted by Crippen LogP contribution is -2.42. The Balaban J connectivity index is 2.45. The molecule has 0 bridgehead atoms. The number of urea groups is 1. The molecule has 6 nitrogen and oxygen atoms in total. The summed E-state index contributed by atoms with van der Waals surface area (Å²) < 4.78 is 0. The molecule has 0 aromatic heterocycles. The Labute approximate surface area is 118 Å². The van der Waals surface area contributed by atoms with Crippen LogP contribution in [0.15, 0.2) is 24.3 Å². The minimum Gasteiger partial charge on any atom is -0.508 e. The van der Waals surface area contributed by atoms with Crippen LogP contribution in [0.25, 0.3) is 0 Å². The van der Waals surface area contributed by atoms with Crippen molar-refractivity contribution in [1.82, 2.24) is 5.32 Å². The number of carboxylic acids is 1. The molecule has 0 aliphatic heterocycles. The van der Waals surface area contributed by atoms with E-state index in [0.717, 1.165) is 0 Å². The van der Waals surface area contributed by atoms with E-state index in [-0.39, 0.29) is 24.2 Å². The van der Waals surface area contributed by atoms with Gasteiger partial charge in [0, 0.05) is 25.2 Å². The largest absolute Gasteiger partial charge is 0.508 e. The normalized spacial score (nSPS) is 11.7. The molecule has 20 heavy (non-hydrogen) atoms. The summed E-state index contributed by atoms with van der Waals surface area (Å²) in [6.07, 6.45) is 1.25. The first-order valence-corrected chi connectivity index (χ1v) is 6.45. The van der Waals surface area contributed by atoms with Gasteiger partial charge in [0.25, 0.3) is 0 Å². The monoisotopic (exact) mass is 280 g/mol. The van der Waals surface area contributed by atoms with Gasteiger partial charge < -0.3 is 15.5 Å². The molecule has 0 saturated heterocycles. The second-order valence-electron chi connectivity index (χ2n) is 4.71. The van der Waals surface area contributed by atoms with Gasteiger partial charge in [0.15, 0.2) is 0 Å². The van der Waals surface area contributed by atoms with Crippen LogP contribution in [0.5, 0.6) is 5.75 Å². The van der Waals surface area contributed by atoms with Gasteiger partial charge in [-0.25, -0.2) is 4.79 Å². The molecule has 3 N–H and O–H groups in total. The van der Waals surface area contributed by atoms with Crippen LogP contribution in [0.1, 0.15) is 26.2 Å². The number of aliphatic carboxylic acids is 1. The summed E-state index contributed by atoms with van der Waals surface area (Å²) in [5, 5.41) is 20.5. The predicted octanol–water partition coefficient (Wildman–Crippen LogP) is 2.18. The van der Waals surface area contributed by atoms with Crippen LogP contribution < -0.4 is 10.2 Å². The van der Waals surface area contributed by atoms with E-state index in [4.69, 9.17) is 5.11 Å². The van der Waals surface area contributed by atoms with Gasteiger partial charge in [0.2, 0.25) is 0 Å². The lowest BCUT2D eigenvalue weighted by atomic mass is 10.1. The molecule has 1 aromatic carbocycles. The van der Waals surface area contributed by atoms with Crippen molar-refractivity contribution < 1.29 is 19.8 Å². The van der Waals surface area contributed by atoms with Crippen LogP contribution in [0.4, 0.5) is 10.5 Å². The molecule has 0 radical (unpaired) electrons. The van der Waals surface area contributed by atoms with Gasteiger partial charge in [-0.15, -0.1) is 0 Å². The Hall–Kier alpha value is -2.24. The first kappa shape index (κ1) is 15.8. The van der Waals surface area contributed by atoms with E-state index in [9.17, 15) is 14.7 Å². The SMILES string of the molecule is CC(CCCC(=O)O)NC(=O)N(C)c1ccc(O)cc1. The topological polar surface area (TPSA) is 89.9 Å². The number of phenolic OH excluding ortho intramolecular Hbond substituents is 1. The summed E-state index contributed by atoms with van der Waals surface area (Å²) in [4.78, 5) is 23.8. The summed E-state index contributed by atoms with van der Waals surface area (Å²) in [5.41, 5.74) is 0.665. The van der Waals surface area contributed by atoms with E-state index in [2.05, 4.69) is 5.32 Å². The Morgan fingerprint density at radius 3 is 2.45 bits per heavy atom. The number of amides is 2. The third kappa shape index (κ3) is 5.17. The van der Waals surface area contributed by atoms with E-state index in [1.165, 1.54) is 17.0 Å². The maximum atomic E-state index is 12.0. The third-order valence-electron chi connectivity index (χ3n) is 2.94. The Kier molecular flexibility index (Phi) is 5.83. The van der Waals surface area contributed by atoms with Gasteiger partial charge in [-0.2, -0.15) is 0 Å². The second kappa shape index (κ2) is 7.37. The predicted molar refractivity (Wildman–Crippen MR) is 76.0 cm³/mol. The van der Waals surface area contributed by atoms with Crippen molar-refractivity contribution in [2.45, 2.75) is 32.2 Å². The second-order valence-corrected chi connectivity index (χ2v) is 4.71. The smallest absolute Gasteiger partial charge is 0.321 e. The number of hydrogen-bond acceptors (Lipinski definition) is 3. The van der Waals surface area contributed by atoms with E-state index >= 15 is 0 Å². The highest BCUT2D eigenvalue weighted by molar-refractivity contribution is 5.91. The van der Waals surface area contributed by atoms with E-state index in [1.54, 1.807) is 19.2 Å². The third-order valence-corrected chi connectivity index (χ3v) is 2.94. The van der Waals surface area contributed by atoms with Crippen molar-refractivity contribution in [3.8, 4) is 5.75 Å². The summed E-state index contributed by atoms with van der Waals surface area (Å²) in [7, 11) is 1.63. The molecule has 6 heteroatoms. The van der Waals surface area contributed by atoms with Gasteiger partial charge >= 0.3 is 12.0 Å². The van der Waals surface area contributed by atoms with Crippen molar-refractivity contribution >= 4 is 17.7 Å². The molecule has 110 valence electrons. The molecule has 1 aromatic rings. The number of carboxylic acid groups (broad SMARTS) is 1. The van der Waals surface area contributed by atoms with Crippen molar-refractivity contribution in [2.24, 2.45) is 0 Å². The average Bonchev–Trinajstić information content (AvgIpc) is 2.38. The molecule has 1 atom stereocenters. The first-order valence-electron chi connectivity index (χ1n) is 6.45. The minimum atomic E-state index is -0.829. The van der Waals surface area contributed by atoms with E-state index in [0.29, 0.717) is 18.5 Å². The molecule has 1 rings (SSSR count). The molecule has 0 aliphatic rings. The fourth-order valence-electron chi connectivity index (χ4n) is 1.73. The van der Waals surface area contributed by atoms with Crippen LogP contribution in [0, 0.1) is 0 Å². The molecule has 1 unspecified atom stereocenters. The summed E-state index contributed by atoms with van der Waals surface area (Å²) in [6.45, 7) is 1.84. The van der Waals surface area contributed by atoms with Crippen LogP contribution in [-0.4, -0.2) is 35.3 Å². The molecular weight excluding hydrogens is 260 g/mol. The number of hydrogen-bond donors (Lipinski definition) is 3. The zero-order chi connectivity index (χ0) is 15.1. The number of aromatic hydroxyl groups is 1. The summed E-state index contributed by atoms with van der Waals surface area (Å²) in [6, 6.07) is 5.94. The van der Waals surface area contributed by atoms with Crippen molar-refractivity contribution in [1.29, 1.82) is 0 Å². The molecule has 0 saturated carbocycles. The van der Waals surface area contributed by atoms with Gasteiger partial charge in [-0.05, 0) is 44.0 Å². The summed E-state index contributed by atoms with van der Waals surface area (Å²) in [5.74, 6) is -0.686. The molecule has 0 spiro atoms. The molecular formula is C14H20N2O4. The Bertz CT molecular complexity index is 459. The van der Waals surface area contributed by atoms with Crippen molar-refractivity contribution in [2.75, 3.05) is 11.9 Å². The fourth-order valence-corrected chi connectivity index (χ4v) is 1.73. The maximum Gasteiger partial charge on any atom is 0.321 e. The van der Waals surface area contributed by atoms with Crippen LogP contribution >= 0.6 is 0 Å². The maximum absolute atomic E-state index is 12.0. The van der Waals surface area contributed by atoms with E-state index < -0.39 is 5.97 Å². The minimum absolute atomic E-state index is 0.0959. The first-order chi connectivity index (χ1) is 9.40. The van der Waals surface area contributed by atoms with Gasteiger partial charge in [0.05, 0.1) is 0 Å². The van der Waals surface area contributed by atoms with Crippen LogP contribution in [0.3, 0.4) is 0 Å². The molecule has 2 amide bonds. The quantitative estimate of drug-likeness (QED) is 0.745. The number of phenols is 1. The highest BCUT2D eigenvalue weighted by Gasteiger charge is 2.13. The number of rotatable bonds is 6. The fraction of sp³-hybridized carbons (Fsp3) is 0.429. The van der Waals surface area contributed by atoms with Gasteiger partial charge in [0.1, 0.15) is 5.75 Å². The average molecular weight is 280 g/mol. The highest BCUT2D eigenvalue weighted by Crippen LogP contribution is 2.17. The van der Waals surface area contributed by atoms with Crippen LogP contribution in [-0.2, 0) is 4.79 Å². The number of benzene rings is 1. The lowest BCUT2D eigenvalue weighted by molar-refractivity contribution is -0.137. The van der Waals surface area contributed by atoms with Gasteiger partial charge in [-0.1, -0.05) is 0 Å². The lowest BCUT2D eigenvalue weighted by Gasteiger charge is -2.21. The number of carbonyl (C=O) groups excluding carboxylic acids is 1. The summed E-state index contributed by atoms with van der Waals surface area (Å²) >= 11 is 0. The number of carbonyl (C=O) groups is 2. The van der Waals surface area contributed by atoms with Crippen LogP contribution in [0.2, 0.25) is 0 Å². The highest BCUT2D eigenvalue weighted by atomic mass is 16.4. The number of nitrogens with zero attached hydrogens (tertiary/aromatic N) is 1. The van der Waals surface area contributed by atoms with Gasteiger partial charge in [-0.3, -0.25) is 9.69 Å². The number of anilines is 1. The zero-order valence-electron chi connectivity index (χ0n) is 11.7. The molecule has 0 fully saturated rings. The van der Waals surface area contributed by atoms with E-state index in [1.807, 2.05) is 6.92 Å². The Morgan fingerprint density at radius 2 is 1.90 bits per heavy atom. The Morgan fingerprint density at radius 1 is 1.30 bits per heavy atom. The zero-order valence-corrected chi connectivity index (χ0v) is 11.7. The van der Waals surface area contributed by atoms with Crippen molar-refractivity contribution in [3.63, 3.8) is 0 Å².